The largest absolute Gasteiger partial charge is 0.373 e. The third-order valence-corrected chi connectivity index (χ3v) is 3.90. The average Bonchev–Trinajstić information content (AvgIpc) is 2.29. The molecular formula is C13H19ClO3S. The minimum atomic E-state index is -3.65. The average molecular weight is 291 g/mol. The molecule has 0 radical (unpaired) electrons. The van der Waals surface area contributed by atoms with E-state index in [1.165, 1.54) is 12.1 Å². The van der Waals surface area contributed by atoms with Crippen molar-refractivity contribution in [3.63, 3.8) is 0 Å². The van der Waals surface area contributed by atoms with Crippen LogP contribution in [0.25, 0.3) is 0 Å². The molecular weight excluding hydrogens is 272 g/mol. The Balaban J connectivity index is 2.82. The second kappa shape index (κ2) is 6.55. The van der Waals surface area contributed by atoms with Gasteiger partial charge in [0.05, 0.1) is 11.0 Å². The minimum absolute atomic E-state index is 0.000482. The SMILES string of the molecule is CC[C@@H](OCC(C)C)c1ccc(S(=O)(=O)Cl)cc1. The third kappa shape index (κ3) is 4.59. The Morgan fingerprint density at radius 1 is 1.22 bits per heavy atom. The van der Waals surface area contributed by atoms with Gasteiger partial charge in [0.25, 0.3) is 9.05 Å². The summed E-state index contributed by atoms with van der Waals surface area (Å²) in [6, 6.07) is 6.53. The maximum absolute atomic E-state index is 11.1. The molecule has 1 aromatic rings. The van der Waals surface area contributed by atoms with Crippen LogP contribution in [0.5, 0.6) is 0 Å². The van der Waals surface area contributed by atoms with Crippen molar-refractivity contribution < 1.29 is 13.2 Å². The molecule has 1 atom stereocenters. The van der Waals surface area contributed by atoms with E-state index in [1.54, 1.807) is 12.1 Å². The summed E-state index contributed by atoms with van der Waals surface area (Å²) in [4.78, 5) is 0.117. The van der Waals surface area contributed by atoms with Crippen molar-refractivity contribution in [3.8, 4) is 0 Å². The van der Waals surface area contributed by atoms with Crippen LogP contribution in [-0.4, -0.2) is 15.0 Å². The highest BCUT2D eigenvalue weighted by molar-refractivity contribution is 8.13. The quantitative estimate of drug-likeness (QED) is 0.750. The van der Waals surface area contributed by atoms with E-state index >= 15 is 0 Å². The number of benzene rings is 1. The van der Waals surface area contributed by atoms with Crippen molar-refractivity contribution in [1.82, 2.24) is 0 Å². The van der Waals surface area contributed by atoms with Gasteiger partial charge in [-0.2, -0.15) is 0 Å². The molecule has 0 bridgehead atoms. The first-order valence-corrected chi connectivity index (χ1v) is 8.31. The molecule has 102 valence electrons. The second-order valence-corrected chi connectivity index (χ2v) is 7.20. The molecule has 0 aliphatic rings. The summed E-state index contributed by atoms with van der Waals surface area (Å²) in [6.07, 6.45) is 0.846. The zero-order valence-electron chi connectivity index (χ0n) is 10.9. The first-order chi connectivity index (χ1) is 8.34. The number of hydrogen-bond donors (Lipinski definition) is 0. The van der Waals surface area contributed by atoms with E-state index in [1.807, 2.05) is 6.92 Å². The Bertz CT molecular complexity index is 466. The molecule has 0 heterocycles. The van der Waals surface area contributed by atoms with Crippen molar-refractivity contribution in [1.29, 1.82) is 0 Å². The first-order valence-electron chi connectivity index (χ1n) is 6.00. The van der Waals surface area contributed by atoms with E-state index < -0.39 is 9.05 Å². The normalized spacial score (nSPS) is 13.8. The molecule has 0 saturated heterocycles. The van der Waals surface area contributed by atoms with Crippen LogP contribution < -0.4 is 0 Å². The van der Waals surface area contributed by atoms with Crippen molar-refractivity contribution in [2.24, 2.45) is 5.92 Å². The van der Waals surface area contributed by atoms with Crippen LogP contribution in [0, 0.1) is 5.92 Å². The standard InChI is InChI=1S/C13H19ClO3S/c1-4-13(17-9-10(2)3)11-5-7-12(8-6-11)18(14,15)16/h5-8,10,13H,4,9H2,1-3H3/t13-/m1/s1. The van der Waals surface area contributed by atoms with Crippen LogP contribution in [-0.2, 0) is 13.8 Å². The van der Waals surface area contributed by atoms with Gasteiger partial charge >= 0.3 is 0 Å². The van der Waals surface area contributed by atoms with Gasteiger partial charge in [-0.25, -0.2) is 8.42 Å². The summed E-state index contributed by atoms with van der Waals surface area (Å²) < 4.78 is 28.0. The van der Waals surface area contributed by atoms with E-state index in [9.17, 15) is 8.42 Å². The monoisotopic (exact) mass is 290 g/mol. The molecule has 0 spiro atoms. The molecule has 0 aromatic heterocycles. The van der Waals surface area contributed by atoms with Gasteiger partial charge in [0, 0.05) is 17.3 Å². The Labute approximate surface area is 114 Å². The van der Waals surface area contributed by atoms with Gasteiger partial charge in [-0.1, -0.05) is 32.9 Å². The number of rotatable bonds is 6. The Morgan fingerprint density at radius 2 is 1.78 bits per heavy atom. The molecule has 5 heteroatoms. The Kier molecular flexibility index (Phi) is 5.63. The number of ether oxygens (including phenoxy) is 1. The molecule has 0 N–H and O–H groups in total. The lowest BCUT2D eigenvalue weighted by Crippen LogP contribution is -2.08. The fourth-order valence-corrected chi connectivity index (χ4v) is 2.37. The van der Waals surface area contributed by atoms with Gasteiger partial charge in [-0.05, 0) is 30.0 Å². The van der Waals surface area contributed by atoms with Crippen molar-refractivity contribution in [2.45, 2.75) is 38.2 Å². The molecule has 0 aliphatic heterocycles. The predicted octanol–water partition coefficient (Wildman–Crippen LogP) is 3.74. The maximum Gasteiger partial charge on any atom is 0.261 e. The molecule has 1 rings (SSSR count). The summed E-state index contributed by atoms with van der Waals surface area (Å²) in [5, 5.41) is 0. The molecule has 3 nitrogen and oxygen atoms in total. The van der Waals surface area contributed by atoms with Crippen LogP contribution in [0.2, 0.25) is 0 Å². The molecule has 0 amide bonds. The fraction of sp³-hybridized carbons (Fsp3) is 0.538. The van der Waals surface area contributed by atoms with E-state index in [0.717, 1.165) is 12.0 Å². The number of halogens is 1. The Hall–Kier alpha value is -0.580. The summed E-state index contributed by atoms with van der Waals surface area (Å²) in [5.41, 5.74) is 0.974. The van der Waals surface area contributed by atoms with Crippen LogP contribution in [0.4, 0.5) is 0 Å². The van der Waals surface area contributed by atoms with E-state index in [4.69, 9.17) is 15.4 Å². The highest BCUT2D eigenvalue weighted by atomic mass is 35.7. The number of hydrogen-bond acceptors (Lipinski definition) is 3. The van der Waals surface area contributed by atoms with E-state index in [0.29, 0.717) is 12.5 Å². The zero-order chi connectivity index (χ0) is 13.8. The topological polar surface area (TPSA) is 43.4 Å². The zero-order valence-corrected chi connectivity index (χ0v) is 12.5. The van der Waals surface area contributed by atoms with Crippen LogP contribution in [0.15, 0.2) is 29.2 Å². The molecule has 0 fully saturated rings. The van der Waals surface area contributed by atoms with Gasteiger partial charge in [0.15, 0.2) is 0 Å². The highest BCUT2D eigenvalue weighted by Gasteiger charge is 2.13. The minimum Gasteiger partial charge on any atom is -0.373 e. The molecule has 0 saturated carbocycles. The smallest absolute Gasteiger partial charge is 0.261 e. The van der Waals surface area contributed by atoms with Crippen molar-refractivity contribution >= 4 is 19.7 Å². The lowest BCUT2D eigenvalue weighted by atomic mass is 10.1. The fourth-order valence-electron chi connectivity index (χ4n) is 1.60. The third-order valence-electron chi connectivity index (χ3n) is 2.53. The summed E-state index contributed by atoms with van der Waals surface area (Å²) in [5.74, 6) is 0.474. The van der Waals surface area contributed by atoms with Crippen molar-refractivity contribution in [2.75, 3.05) is 6.61 Å². The van der Waals surface area contributed by atoms with Gasteiger partial charge in [-0.15, -0.1) is 0 Å². The van der Waals surface area contributed by atoms with Gasteiger partial charge < -0.3 is 4.74 Å². The first kappa shape index (κ1) is 15.5. The molecule has 18 heavy (non-hydrogen) atoms. The van der Waals surface area contributed by atoms with Gasteiger partial charge in [0.1, 0.15) is 0 Å². The van der Waals surface area contributed by atoms with E-state index in [2.05, 4.69) is 13.8 Å². The maximum atomic E-state index is 11.1. The van der Waals surface area contributed by atoms with Gasteiger partial charge in [0.2, 0.25) is 0 Å². The lowest BCUT2D eigenvalue weighted by Gasteiger charge is -2.18. The summed E-state index contributed by atoms with van der Waals surface area (Å²) >= 11 is 0. The lowest BCUT2D eigenvalue weighted by molar-refractivity contribution is 0.0326. The molecule has 0 unspecified atom stereocenters. The summed E-state index contributed by atoms with van der Waals surface area (Å²) in [7, 11) is 1.62. The molecule has 1 aromatic carbocycles. The summed E-state index contributed by atoms with van der Waals surface area (Å²) in [6.45, 7) is 6.91. The Morgan fingerprint density at radius 3 is 2.17 bits per heavy atom. The van der Waals surface area contributed by atoms with E-state index in [-0.39, 0.29) is 11.0 Å². The van der Waals surface area contributed by atoms with Crippen LogP contribution >= 0.6 is 10.7 Å². The molecule has 0 aliphatic carbocycles. The highest BCUT2D eigenvalue weighted by Crippen LogP contribution is 2.24. The van der Waals surface area contributed by atoms with Crippen LogP contribution in [0.3, 0.4) is 0 Å². The van der Waals surface area contributed by atoms with Crippen LogP contribution in [0.1, 0.15) is 38.9 Å². The van der Waals surface area contributed by atoms with Gasteiger partial charge in [-0.3, -0.25) is 0 Å². The van der Waals surface area contributed by atoms with Crippen molar-refractivity contribution in [3.05, 3.63) is 29.8 Å². The second-order valence-electron chi connectivity index (χ2n) is 4.63. The predicted molar refractivity (Wildman–Crippen MR) is 73.3 cm³/mol.